The summed E-state index contributed by atoms with van der Waals surface area (Å²) in [5.74, 6) is 1.84. The Morgan fingerprint density at radius 3 is 1.17 bits per heavy atom. The fraction of sp³-hybridized carbons (Fsp3) is 0.341. The molecule has 0 saturated carbocycles. The SMILES string of the molecule is CC(C)c1cccc(C(C)C)c1[N+]1=C=[N+](c2c(C(C)C)cccc2C(C)C)C=C1.Cc1cccc2c1[N-]c1c(C)cccc1S2.[Au+]. The molecule has 0 radical (unpaired) electrons. The van der Waals surface area contributed by atoms with Gasteiger partial charge in [0, 0.05) is 22.3 Å². The van der Waals surface area contributed by atoms with Gasteiger partial charge in [-0.3, -0.25) is 0 Å². The van der Waals surface area contributed by atoms with Crippen LogP contribution in [0.25, 0.3) is 5.32 Å². The molecule has 0 unspecified atom stereocenters. The van der Waals surface area contributed by atoms with E-state index in [1.807, 2.05) is 11.8 Å². The Bertz CT molecular complexity index is 1640. The van der Waals surface area contributed by atoms with Gasteiger partial charge in [0.2, 0.25) is 11.4 Å². The van der Waals surface area contributed by atoms with Crippen LogP contribution in [0.4, 0.5) is 22.7 Å². The van der Waals surface area contributed by atoms with Crippen LogP contribution in [0.1, 0.15) is 112 Å². The summed E-state index contributed by atoms with van der Waals surface area (Å²) >= 11 is 1.82. The van der Waals surface area contributed by atoms with E-state index < -0.39 is 0 Å². The molecule has 4 aromatic rings. The second-order valence-electron chi connectivity index (χ2n) is 13.4. The van der Waals surface area contributed by atoms with E-state index in [0.29, 0.717) is 23.7 Å². The second kappa shape index (κ2) is 15.2. The number of nitrogens with zero attached hydrogens (tertiary/aromatic N) is 3. The molecule has 2 heterocycles. The number of rotatable bonds is 6. The summed E-state index contributed by atoms with van der Waals surface area (Å²) < 4.78 is 4.40. The van der Waals surface area contributed by atoms with Crippen LogP contribution >= 0.6 is 11.8 Å². The zero-order chi connectivity index (χ0) is 32.4. The number of hydrogen-bond donors (Lipinski definition) is 0. The minimum absolute atomic E-state index is 0. The van der Waals surface area contributed by atoms with E-state index in [1.165, 1.54) is 54.5 Å². The van der Waals surface area contributed by atoms with Crippen LogP contribution in [0.5, 0.6) is 0 Å². The predicted octanol–water partition coefficient (Wildman–Crippen LogP) is 12.9. The van der Waals surface area contributed by atoms with Crippen molar-refractivity contribution in [1.29, 1.82) is 0 Å². The predicted molar refractivity (Wildman–Crippen MR) is 192 cm³/mol. The van der Waals surface area contributed by atoms with Crippen molar-refractivity contribution in [3.63, 3.8) is 0 Å². The van der Waals surface area contributed by atoms with Crippen LogP contribution < -0.4 is 0 Å². The zero-order valence-corrected chi connectivity index (χ0v) is 31.9. The fourth-order valence-corrected chi connectivity index (χ4v) is 7.23. The van der Waals surface area contributed by atoms with E-state index in [4.69, 9.17) is 5.32 Å². The average molecular weight is 812 g/mol. The molecule has 0 spiro atoms. The van der Waals surface area contributed by atoms with E-state index in [2.05, 4.69) is 170 Å². The molecule has 0 fully saturated rings. The smallest absolute Gasteiger partial charge is 0.656 e. The van der Waals surface area contributed by atoms with Crippen molar-refractivity contribution in [2.45, 2.75) is 103 Å². The largest absolute Gasteiger partial charge is 1.00 e. The molecule has 4 aromatic carbocycles. The first kappa shape index (κ1) is 35.7. The van der Waals surface area contributed by atoms with Crippen LogP contribution in [0.3, 0.4) is 0 Å². The van der Waals surface area contributed by atoms with E-state index >= 15 is 0 Å². The van der Waals surface area contributed by atoms with Crippen LogP contribution in [0.15, 0.2) is 95.0 Å². The van der Waals surface area contributed by atoms with Gasteiger partial charge < -0.3 is 5.32 Å². The van der Waals surface area contributed by atoms with Crippen molar-refractivity contribution in [3.05, 3.63) is 124 Å². The van der Waals surface area contributed by atoms with Gasteiger partial charge in [-0.15, -0.1) is 11.4 Å². The van der Waals surface area contributed by atoms with Crippen molar-refractivity contribution in [1.82, 2.24) is 0 Å². The second-order valence-corrected chi connectivity index (χ2v) is 14.5. The van der Waals surface area contributed by atoms with Gasteiger partial charge in [0.1, 0.15) is 0 Å². The molecule has 0 aliphatic carbocycles. The zero-order valence-electron chi connectivity index (χ0n) is 28.9. The van der Waals surface area contributed by atoms with Gasteiger partial charge in [-0.05, 0) is 59.4 Å². The van der Waals surface area contributed by atoms with Gasteiger partial charge >= 0.3 is 28.4 Å². The Labute approximate surface area is 297 Å². The van der Waals surface area contributed by atoms with Gasteiger partial charge in [-0.25, -0.2) is 0 Å². The molecular weight excluding hydrogens is 764 g/mol. The summed E-state index contributed by atoms with van der Waals surface area (Å²) in [5.41, 5.74) is 12.8. The standard InChI is InChI=1S/C27H36N2.C14H12NS.Au/c1-18(2)22-11-9-12-23(19(3)4)26(22)28-15-16-29(17-28)27-24(20(5)6)13-10-14-25(27)21(7)8;1-9-5-3-7-11-13(9)15-14-10(2)6-4-8-12(14)16-11;/h9-16,18-21H,1-8H3;3-8H,1-2H3;/q+2;-1;+1. The molecule has 0 amide bonds. The summed E-state index contributed by atoms with van der Waals surface area (Å²) in [6, 6.07) is 29.8. The van der Waals surface area contributed by atoms with E-state index in [1.54, 1.807) is 0 Å². The van der Waals surface area contributed by atoms with Gasteiger partial charge in [-0.2, -0.15) is 0 Å². The Morgan fingerprint density at radius 2 is 0.848 bits per heavy atom. The third kappa shape index (κ3) is 7.38. The van der Waals surface area contributed by atoms with Crippen molar-refractivity contribution >= 4 is 40.5 Å². The number of aryl methyl sites for hydroxylation is 2. The Kier molecular flexibility index (Phi) is 11.8. The number of para-hydroxylation sites is 4. The van der Waals surface area contributed by atoms with Crippen LogP contribution in [0.2, 0.25) is 0 Å². The molecule has 0 N–H and O–H groups in total. The monoisotopic (exact) mass is 811 g/mol. The molecule has 2 aliphatic rings. The first-order valence-corrected chi connectivity index (χ1v) is 17.2. The molecule has 0 bridgehead atoms. The molecule has 242 valence electrons. The van der Waals surface area contributed by atoms with Crippen LogP contribution in [0, 0.1) is 13.8 Å². The van der Waals surface area contributed by atoms with Crippen molar-refractivity contribution in [2.24, 2.45) is 0 Å². The maximum absolute atomic E-state index is 4.79. The minimum atomic E-state index is 0. The van der Waals surface area contributed by atoms with E-state index in [9.17, 15) is 0 Å². The van der Waals surface area contributed by atoms with Gasteiger partial charge in [0.15, 0.2) is 0 Å². The summed E-state index contributed by atoms with van der Waals surface area (Å²) in [5, 5.41) is 4.79. The Balaban J connectivity index is 0.000000238. The van der Waals surface area contributed by atoms with E-state index in [-0.39, 0.29) is 22.4 Å². The average Bonchev–Trinajstić information content (AvgIpc) is 3.50. The van der Waals surface area contributed by atoms with E-state index in [0.717, 1.165) is 11.4 Å². The summed E-state index contributed by atoms with van der Waals surface area (Å²) in [7, 11) is 0. The van der Waals surface area contributed by atoms with Crippen molar-refractivity contribution in [2.75, 3.05) is 0 Å². The van der Waals surface area contributed by atoms with Gasteiger partial charge in [0.25, 0.3) is 12.4 Å². The molecule has 0 saturated heterocycles. The number of benzene rings is 4. The van der Waals surface area contributed by atoms with Crippen LogP contribution in [-0.4, -0.2) is 15.2 Å². The molecule has 0 aromatic heterocycles. The summed E-state index contributed by atoms with van der Waals surface area (Å²) in [6.07, 6.45) is 4.32. The molecule has 46 heavy (non-hydrogen) atoms. The molecule has 3 nitrogen and oxygen atoms in total. The molecule has 6 rings (SSSR count). The topological polar surface area (TPSA) is 20.1 Å². The quantitative estimate of drug-likeness (QED) is 0.124. The Morgan fingerprint density at radius 1 is 0.522 bits per heavy atom. The minimum Gasteiger partial charge on any atom is -0.656 e. The number of fused-ring (bicyclic) bond motifs is 2. The molecule has 5 heteroatoms. The first-order chi connectivity index (χ1) is 21.5. The van der Waals surface area contributed by atoms with Gasteiger partial charge in [0.05, 0.1) is 0 Å². The third-order valence-electron chi connectivity index (χ3n) is 8.59. The first-order valence-electron chi connectivity index (χ1n) is 16.3. The third-order valence-corrected chi connectivity index (χ3v) is 9.69. The van der Waals surface area contributed by atoms with Crippen molar-refractivity contribution < 1.29 is 31.5 Å². The maximum atomic E-state index is 4.79. The molecule has 0 atom stereocenters. The normalized spacial score (nSPS) is 13.1. The summed E-state index contributed by atoms with van der Waals surface area (Å²) in [4.78, 5) is 2.52. The number of hydrogen-bond acceptors (Lipinski definition) is 1. The van der Waals surface area contributed by atoms with Crippen molar-refractivity contribution in [3.8, 4) is 0 Å². The fourth-order valence-electron chi connectivity index (χ4n) is 6.09. The molecule has 2 aliphatic heterocycles. The maximum Gasteiger partial charge on any atom is 1.00 e. The van der Waals surface area contributed by atoms with Crippen LogP contribution in [-0.2, 0) is 22.4 Å². The molecular formula is C41H48AuN3S+2. The summed E-state index contributed by atoms with van der Waals surface area (Å²) in [6.45, 7) is 22.4. The van der Waals surface area contributed by atoms with Gasteiger partial charge in [-0.1, -0.05) is 148 Å². The Hall–Kier alpha value is -3.11.